The molecule has 1 saturated heterocycles. The molecule has 3 atom stereocenters. The molecule has 0 unspecified atom stereocenters. The van der Waals surface area contributed by atoms with Crippen molar-refractivity contribution in [3.05, 3.63) is 35.4 Å². The number of carbonyl (C=O) groups excluding carboxylic acids is 1. The van der Waals surface area contributed by atoms with Gasteiger partial charge in [-0.3, -0.25) is 9.00 Å². The van der Waals surface area contributed by atoms with Gasteiger partial charge in [0.2, 0.25) is 0 Å². The van der Waals surface area contributed by atoms with E-state index in [1.807, 2.05) is 0 Å². The van der Waals surface area contributed by atoms with Crippen LogP contribution in [0.3, 0.4) is 0 Å². The van der Waals surface area contributed by atoms with Gasteiger partial charge >= 0.3 is 5.97 Å². The summed E-state index contributed by atoms with van der Waals surface area (Å²) in [5, 5.41) is -0.0417. The van der Waals surface area contributed by atoms with Crippen molar-refractivity contribution in [2.45, 2.75) is 94.7 Å². The van der Waals surface area contributed by atoms with Crippen LogP contribution in [0.15, 0.2) is 24.3 Å². The van der Waals surface area contributed by atoms with Gasteiger partial charge in [0, 0.05) is 23.1 Å². The Morgan fingerprint density at radius 1 is 1.03 bits per heavy atom. The van der Waals surface area contributed by atoms with E-state index >= 15 is 0 Å². The maximum Gasteiger partial charge on any atom is 0.307 e. The molecule has 1 aromatic carbocycles. The van der Waals surface area contributed by atoms with E-state index in [4.69, 9.17) is 4.74 Å². The molecule has 30 heavy (non-hydrogen) atoms. The second kappa shape index (κ2) is 10.9. The lowest BCUT2D eigenvalue weighted by Crippen LogP contribution is -2.39. The van der Waals surface area contributed by atoms with E-state index in [1.54, 1.807) is 0 Å². The number of esters is 1. The van der Waals surface area contributed by atoms with Crippen LogP contribution in [0, 0.1) is 0 Å². The van der Waals surface area contributed by atoms with Gasteiger partial charge in [-0.1, -0.05) is 57.9 Å². The Kier molecular flexibility index (Phi) is 8.52. The molecule has 0 aromatic heterocycles. The van der Waals surface area contributed by atoms with Crippen LogP contribution in [-0.2, 0) is 31.5 Å². The summed E-state index contributed by atoms with van der Waals surface area (Å²) in [6, 6.07) is 8.49. The molecule has 1 aliphatic heterocycles. The minimum absolute atomic E-state index is 0.0417. The van der Waals surface area contributed by atoms with Crippen LogP contribution in [0.25, 0.3) is 0 Å². The SMILES string of the molecule is CC(C)(C)c1ccc(C[S@](=O)[C@@H]2CCCC[C@H]2OC(=O)CCN2CCCCC2)cc1. The molecule has 1 saturated carbocycles. The van der Waals surface area contributed by atoms with Gasteiger partial charge in [0.1, 0.15) is 6.10 Å². The smallest absolute Gasteiger partial charge is 0.307 e. The third kappa shape index (κ3) is 6.91. The minimum atomic E-state index is -1.03. The molecule has 168 valence electrons. The van der Waals surface area contributed by atoms with Gasteiger partial charge in [0.25, 0.3) is 0 Å². The topological polar surface area (TPSA) is 46.6 Å². The molecule has 1 aromatic rings. The average molecular weight is 434 g/mol. The number of likely N-dealkylation sites (tertiary alicyclic amines) is 1. The minimum Gasteiger partial charge on any atom is -0.461 e. The third-order valence-electron chi connectivity index (χ3n) is 6.47. The van der Waals surface area contributed by atoms with Crippen LogP contribution >= 0.6 is 0 Å². The van der Waals surface area contributed by atoms with Crippen LogP contribution in [0.2, 0.25) is 0 Å². The van der Waals surface area contributed by atoms with Crippen molar-refractivity contribution < 1.29 is 13.7 Å². The second-order valence-corrected chi connectivity index (χ2v) is 11.6. The molecule has 5 heteroatoms. The molecule has 4 nitrogen and oxygen atoms in total. The summed E-state index contributed by atoms with van der Waals surface area (Å²) in [6.45, 7) is 9.58. The molecule has 2 aliphatic rings. The molecule has 0 amide bonds. The highest BCUT2D eigenvalue weighted by atomic mass is 32.2. The number of nitrogens with zero attached hydrogens (tertiary/aromatic N) is 1. The zero-order valence-corrected chi connectivity index (χ0v) is 19.8. The number of hydrogen-bond acceptors (Lipinski definition) is 4. The van der Waals surface area contributed by atoms with Crippen molar-refractivity contribution in [2.24, 2.45) is 0 Å². The Bertz CT molecular complexity index is 704. The number of ether oxygens (including phenoxy) is 1. The lowest BCUT2D eigenvalue weighted by molar-refractivity contribution is -0.150. The number of piperidine rings is 1. The van der Waals surface area contributed by atoms with Crippen molar-refractivity contribution in [3.8, 4) is 0 Å². The largest absolute Gasteiger partial charge is 0.461 e. The molecule has 2 fully saturated rings. The first-order valence-electron chi connectivity index (χ1n) is 11.7. The normalized spacial score (nSPS) is 24.4. The molecule has 0 N–H and O–H groups in total. The van der Waals surface area contributed by atoms with Crippen LogP contribution in [0.5, 0.6) is 0 Å². The lowest BCUT2D eigenvalue weighted by atomic mass is 9.87. The van der Waals surface area contributed by atoms with E-state index in [2.05, 4.69) is 49.9 Å². The van der Waals surface area contributed by atoms with Gasteiger partial charge in [-0.15, -0.1) is 0 Å². The fourth-order valence-electron chi connectivity index (χ4n) is 4.53. The van der Waals surface area contributed by atoms with Crippen LogP contribution in [0.4, 0.5) is 0 Å². The Morgan fingerprint density at radius 3 is 2.37 bits per heavy atom. The quantitative estimate of drug-likeness (QED) is 0.570. The molecule has 1 aliphatic carbocycles. The van der Waals surface area contributed by atoms with Crippen molar-refractivity contribution in [1.29, 1.82) is 0 Å². The molecular weight excluding hydrogens is 394 g/mol. The Balaban J connectivity index is 1.52. The van der Waals surface area contributed by atoms with Crippen LogP contribution < -0.4 is 0 Å². The lowest BCUT2D eigenvalue weighted by Gasteiger charge is -2.31. The van der Waals surface area contributed by atoms with Crippen LogP contribution in [0.1, 0.15) is 83.3 Å². The van der Waals surface area contributed by atoms with E-state index in [1.165, 1.54) is 24.8 Å². The highest BCUT2D eigenvalue weighted by Gasteiger charge is 2.33. The van der Waals surface area contributed by atoms with E-state index in [0.717, 1.165) is 50.9 Å². The molecule has 0 spiro atoms. The van der Waals surface area contributed by atoms with Crippen molar-refractivity contribution in [1.82, 2.24) is 4.90 Å². The summed E-state index contributed by atoms with van der Waals surface area (Å²) in [5.41, 5.74) is 2.51. The fourth-order valence-corrected chi connectivity index (χ4v) is 6.23. The summed E-state index contributed by atoms with van der Waals surface area (Å²) in [5.74, 6) is 0.417. The van der Waals surface area contributed by atoms with E-state index in [9.17, 15) is 9.00 Å². The highest BCUT2D eigenvalue weighted by Crippen LogP contribution is 2.28. The predicted octanol–water partition coefficient (Wildman–Crippen LogP) is 4.96. The first-order chi connectivity index (χ1) is 14.3. The predicted molar refractivity (Wildman–Crippen MR) is 124 cm³/mol. The third-order valence-corrected chi connectivity index (χ3v) is 8.30. The summed E-state index contributed by atoms with van der Waals surface area (Å²) in [6.07, 6.45) is 7.87. The number of hydrogen-bond donors (Lipinski definition) is 0. The Labute approximate surface area is 185 Å². The summed E-state index contributed by atoms with van der Waals surface area (Å²) >= 11 is 0. The average Bonchev–Trinajstić information content (AvgIpc) is 2.73. The standard InChI is InChI=1S/C25H39NO3S/c1-25(2,3)21-13-11-20(12-14-21)19-30(28)23-10-6-5-9-22(23)29-24(27)15-18-26-16-7-4-8-17-26/h11-14,22-23H,4-10,15-19H2,1-3H3/t22-,23-,30+/m1/s1. The van der Waals surface area contributed by atoms with Gasteiger partial charge in [-0.2, -0.15) is 0 Å². The van der Waals surface area contributed by atoms with Gasteiger partial charge < -0.3 is 9.64 Å². The molecule has 0 bridgehead atoms. The summed E-state index contributed by atoms with van der Waals surface area (Å²) < 4.78 is 19.0. The highest BCUT2D eigenvalue weighted by molar-refractivity contribution is 7.84. The summed E-state index contributed by atoms with van der Waals surface area (Å²) in [4.78, 5) is 14.8. The van der Waals surface area contributed by atoms with E-state index < -0.39 is 10.8 Å². The van der Waals surface area contributed by atoms with Crippen molar-refractivity contribution in [3.63, 3.8) is 0 Å². The maximum absolute atomic E-state index is 13.2. The zero-order valence-electron chi connectivity index (χ0n) is 19.0. The molecule has 1 heterocycles. The Morgan fingerprint density at radius 2 is 1.70 bits per heavy atom. The van der Waals surface area contributed by atoms with Gasteiger partial charge in [0.05, 0.1) is 11.7 Å². The van der Waals surface area contributed by atoms with Gasteiger partial charge in [-0.05, 0) is 61.7 Å². The zero-order chi connectivity index (χ0) is 21.6. The Hall–Kier alpha value is -1.20. The van der Waals surface area contributed by atoms with Gasteiger partial charge in [0.15, 0.2) is 0 Å². The summed E-state index contributed by atoms with van der Waals surface area (Å²) in [7, 11) is -1.03. The first-order valence-corrected chi connectivity index (χ1v) is 13.1. The number of rotatable bonds is 7. The molecule has 3 rings (SSSR count). The first kappa shape index (κ1) is 23.5. The van der Waals surface area contributed by atoms with Crippen molar-refractivity contribution in [2.75, 3.05) is 19.6 Å². The van der Waals surface area contributed by atoms with Crippen molar-refractivity contribution >= 4 is 16.8 Å². The molecular formula is C25H39NO3S. The number of carbonyl (C=O) groups is 1. The fraction of sp³-hybridized carbons (Fsp3) is 0.720. The molecule has 0 radical (unpaired) electrons. The van der Waals surface area contributed by atoms with E-state index in [0.29, 0.717) is 12.2 Å². The van der Waals surface area contributed by atoms with Crippen LogP contribution in [-0.4, -0.2) is 46.1 Å². The maximum atomic E-state index is 13.2. The van der Waals surface area contributed by atoms with Gasteiger partial charge in [-0.25, -0.2) is 0 Å². The second-order valence-electron chi connectivity index (χ2n) is 9.98. The van der Waals surface area contributed by atoms with E-state index in [-0.39, 0.29) is 22.7 Å². The monoisotopic (exact) mass is 433 g/mol. The number of benzene rings is 1.